The fourth-order valence-corrected chi connectivity index (χ4v) is 2.16. The number of Topliss-reactive ketones (excluding diaryl/α,β-unsaturated/α-hetero) is 1. The molecule has 0 aromatic carbocycles. The highest BCUT2D eigenvalue weighted by Gasteiger charge is 2.21. The molecule has 0 unspecified atom stereocenters. The highest BCUT2D eigenvalue weighted by molar-refractivity contribution is 5.94. The Labute approximate surface area is 102 Å². The van der Waals surface area contributed by atoms with Gasteiger partial charge < -0.3 is 4.42 Å². The van der Waals surface area contributed by atoms with Gasteiger partial charge in [-0.2, -0.15) is 0 Å². The second kappa shape index (κ2) is 5.47. The van der Waals surface area contributed by atoms with Gasteiger partial charge >= 0.3 is 0 Å². The predicted octanol–water partition coefficient (Wildman–Crippen LogP) is 1.49. The lowest BCUT2D eigenvalue weighted by Crippen LogP contribution is -2.49. The monoisotopic (exact) mass is 236 g/mol. The fourth-order valence-electron chi connectivity index (χ4n) is 2.16. The van der Waals surface area contributed by atoms with Gasteiger partial charge in [-0.05, 0) is 26.0 Å². The number of hydrogen-bond acceptors (Lipinski definition) is 4. The molecule has 1 saturated heterocycles. The first-order valence-corrected chi connectivity index (χ1v) is 6.20. The van der Waals surface area contributed by atoms with E-state index in [-0.39, 0.29) is 5.78 Å². The van der Waals surface area contributed by atoms with Crippen LogP contribution in [0, 0.1) is 0 Å². The molecule has 1 aromatic rings. The summed E-state index contributed by atoms with van der Waals surface area (Å²) < 4.78 is 5.11. The van der Waals surface area contributed by atoms with E-state index < -0.39 is 0 Å². The largest absolute Gasteiger partial charge is 0.461 e. The topological polar surface area (TPSA) is 36.7 Å². The van der Waals surface area contributed by atoms with Gasteiger partial charge in [-0.25, -0.2) is 0 Å². The van der Waals surface area contributed by atoms with Crippen LogP contribution >= 0.6 is 0 Å². The smallest absolute Gasteiger partial charge is 0.211 e. The quantitative estimate of drug-likeness (QED) is 0.742. The molecule has 94 valence electrons. The van der Waals surface area contributed by atoms with Gasteiger partial charge in [-0.3, -0.25) is 14.6 Å². The normalized spacial score (nSPS) is 18.8. The molecular formula is C13H20N2O2. The number of ketones is 1. The Balaban J connectivity index is 1.80. The average molecular weight is 236 g/mol. The molecule has 0 radical (unpaired) electrons. The van der Waals surface area contributed by atoms with Crippen LogP contribution in [0.3, 0.4) is 0 Å². The van der Waals surface area contributed by atoms with Crippen molar-refractivity contribution in [1.29, 1.82) is 0 Å². The maximum atomic E-state index is 11.8. The van der Waals surface area contributed by atoms with Crippen molar-refractivity contribution in [3.05, 3.63) is 24.2 Å². The zero-order valence-electron chi connectivity index (χ0n) is 10.6. The van der Waals surface area contributed by atoms with Crippen LogP contribution in [0.5, 0.6) is 0 Å². The Bertz CT molecular complexity index is 352. The maximum absolute atomic E-state index is 11.8. The number of rotatable bonds is 4. The lowest BCUT2D eigenvalue weighted by atomic mass is 10.2. The molecule has 1 aliphatic heterocycles. The molecule has 2 heterocycles. The first kappa shape index (κ1) is 12.3. The number of piperazine rings is 1. The summed E-state index contributed by atoms with van der Waals surface area (Å²) in [5.74, 6) is 0.546. The third kappa shape index (κ3) is 3.17. The van der Waals surface area contributed by atoms with Crippen LogP contribution in [0.4, 0.5) is 0 Å². The minimum absolute atomic E-state index is 0.0768. The van der Waals surface area contributed by atoms with Gasteiger partial charge in [-0.1, -0.05) is 0 Å². The van der Waals surface area contributed by atoms with Crippen LogP contribution in [-0.4, -0.2) is 54.3 Å². The first-order chi connectivity index (χ1) is 8.16. The zero-order valence-corrected chi connectivity index (χ0v) is 10.6. The number of hydrogen-bond donors (Lipinski definition) is 0. The molecule has 1 aromatic heterocycles. The van der Waals surface area contributed by atoms with Gasteiger partial charge in [0.1, 0.15) is 0 Å². The fraction of sp³-hybridized carbons (Fsp3) is 0.615. The van der Waals surface area contributed by atoms with Crippen molar-refractivity contribution in [2.45, 2.75) is 19.9 Å². The lowest BCUT2D eigenvalue weighted by Gasteiger charge is -2.36. The highest BCUT2D eigenvalue weighted by atomic mass is 16.3. The molecule has 17 heavy (non-hydrogen) atoms. The molecule has 0 N–H and O–H groups in total. The van der Waals surface area contributed by atoms with Crippen molar-refractivity contribution in [2.24, 2.45) is 0 Å². The third-order valence-electron chi connectivity index (χ3n) is 3.30. The second-order valence-electron chi connectivity index (χ2n) is 4.81. The summed E-state index contributed by atoms with van der Waals surface area (Å²) in [4.78, 5) is 16.5. The van der Waals surface area contributed by atoms with E-state index in [1.165, 1.54) is 0 Å². The number of carbonyl (C=O) groups is 1. The molecule has 0 bridgehead atoms. The van der Waals surface area contributed by atoms with Gasteiger partial charge in [0, 0.05) is 32.2 Å². The molecule has 2 rings (SSSR count). The van der Waals surface area contributed by atoms with Gasteiger partial charge in [0.05, 0.1) is 12.8 Å². The second-order valence-corrected chi connectivity index (χ2v) is 4.81. The van der Waals surface area contributed by atoms with E-state index >= 15 is 0 Å². The summed E-state index contributed by atoms with van der Waals surface area (Å²) in [5.41, 5.74) is 0. The summed E-state index contributed by atoms with van der Waals surface area (Å²) in [6, 6.07) is 4.08. The summed E-state index contributed by atoms with van der Waals surface area (Å²) in [7, 11) is 0. The van der Waals surface area contributed by atoms with E-state index in [2.05, 4.69) is 23.6 Å². The van der Waals surface area contributed by atoms with E-state index in [4.69, 9.17) is 4.42 Å². The minimum atomic E-state index is 0.0768. The molecule has 4 heteroatoms. The highest BCUT2D eigenvalue weighted by Crippen LogP contribution is 2.08. The van der Waals surface area contributed by atoms with E-state index in [9.17, 15) is 4.79 Å². The minimum Gasteiger partial charge on any atom is -0.461 e. The summed E-state index contributed by atoms with van der Waals surface area (Å²) >= 11 is 0. The number of furan rings is 1. The zero-order chi connectivity index (χ0) is 12.3. The first-order valence-electron chi connectivity index (χ1n) is 6.20. The maximum Gasteiger partial charge on any atom is 0.211 e. The van der Waals surface area contributed by atoms with E-state index in [1.807, 2.05) is 0 Å². The van der Waals surface area contributed by atoms with Crippen molar-refractivity contribution in [1.82, 2.24) is 9.80 Å². The van der Waals surface area contributed by atoms with E-state index in [0.717, 1.165) is 26.2 Å². The number of nitrogens with zero attached hydrogens (tertiary/aromatic N) is 2. The Morgan fingerprint density at radius 1 is 1.35 bits per heavy atom. The van der Waals surface area contributed by atoms with Crippen LogP contribution < -0.4 is 0 Å². The molecule has 0 atom stereocenters. The Morgan fingerprint density at radius 2 is 2.06 bits per heavy atom. The van der Waals surface area contributed by atoms with Gasteiger partial charge in [-0.15, -0.1) is 0 Å². The van der Waals surface area contributed by atoms with Gasteiger partial charge in [0.15, 0.2) is 5.76 Å². The molecule has 0 spiro atoms. The van der Waals surface area contributed by atoms with E-state index in [1.54, 1.807) is 18.4 Å². The van der Waals surface area contributed by atoms with Gasteiger partial charge in [0.2, 0.25) is 5.78 Å². The van der Waals surface area contributed by atoms with Gasteiger partial charge in [0.25, 0.3) is 0 Å². The Kier molecular flexibility index (Phi) is 3.97. The third-order valence-corrected chi connectivity index (χ3v) is 3.30. The van der Waals surface area contributed by atoms with Crippen molar-refractivity contribution in [2.75, 3.05) is 32.7 Å². The Hall–Kier alpha value is -1.13. The molecule has 1 aliphatic rings. The standard InChI is InChI=1S/C13H20N2O2/c1-11(2)15-7-5-14(6-8-15)10-12(16)13-4-3-9-17-13/h3-4,9,11H,5-8,10H2,1-2H3. The van der Waals surface area contributed by atoms with Crippen LogP contribution in [0.2, 0.25) is 0 Å². The molecule has 0 saturated carbocycles. The van der Waals surface area contributed by atoms with Crippen molar-refractivity contribution >= 4 is 5.78 Å². The molecular weight excluding hydrogens is 216 g/mol. The molecule has 0 aliphatic carbocycles. The summed E-state index contributed by atoms with van der Waals surface area (Å²) in [5, 5.41) is 0. The average Bonchev–Trinajstić information content (AvgIpc) is 2.83. The lowest BCUT2D eigenvalue weighted by molar-refractivity contribution is 0.0785. The van der Waals surface area contributed by atoms with Crippen molar-refractivity contribution < 1.29 is 9.21 Å². The number of carbonyl (C=O) groups excluding carboxylic acids is 1. The predicted molar refractivity (Wildman–Crippen MR) is 66.2 cm³/mol. The van der Waals surface area contributed by atoms with Crippen molar-refractivity contribution in [3.8, 4) is 0 Å². The van der Waals surface area contributed by atoms with Crippen LogP contribution in [0.1, 0.15) is 24.4 Å². The summed E-state index contributed by atoms with van der Waals surface area (Å²) in [6.45, 7) is 8.91. The molecule has 0 amide bonds. The SMILES string of the molecule is CC(C)N1CCN(CC(=O)c2ccco2)CC1. The van der Waals surface area contributed by atoms with Crippen LogP contribution in [0.25, 0.3) is 0 Å². The summed E-state index contributed by atoms with van der Waals surface area (Å²) in [6.07, 6.45) is 1.55. The van der Waals surface area contributed by atoms with E-state index in [0.29, 0.717) is 18.3 Å². The molecule has 1 fully saturated rings. The van der Waals surface area contributed by atoms with Crippen LogP contribution in [0.15, 0.2) is 22.8 Å². The molecule has 4 nitrogen and oxygen atoms in total. The van der Waals surface area contributed by atoms with Crippen LogP contribution in [-0.2, 0) is 0 Å². The van der Waals surface area contributed by atoms with Crippen molar-refractivity contribution in [3.63, 3.8) is 0 Å². The Morgan fingerprint density at radius 3 is 2.59 bits per heavy atom.